The average Bonchev–Trinajstić information content (AvgIpc) is 2.86. The van der Waals surface area contributed by atoms with E-state index in [1.807, 2.05) is 0 Å². The summed E-state index contributed by atoms with van der Waals surface area (Å²) in [5.74, 6) is -0.476. The molecule has 0 radical (unpaired) electrons. The fourth-order valence-electron chi connectivity index (χ4n) is 1.91. The largest absolute Gasteiger partial charge is 0.369 e. The molecule has 1 unspecified atom stereocenters. The Morgan fingerprint density at radius 3 is 2.68 bits per heavy atom. The van der Waals surface area contributed by atoms with Gasteiger partial charge in [-0.15, -0.1) is 11.3 Å². The van der Waals surface area contributed by atoms with Crippen molar-refractivity contribution >= 4 is 54.8 Å². The van der Waals surface area contributed by atoms with Gasteiger partial charge >= 0.3 is 0 Å². The maximum Gasteiger partial charge on any atom is 0.252 e. The Labute approximate surface area is 128 Å². The highest BCUT2D eigenvalue weighted by Crippen LogP contribution is 2.39. The minimum atomic E-state index is -3.62. The van der Waals surface area contributed by atoms with Crippen LogP contribution in [0.3, 0.4) is 0 Å². The molecular weight excluding hydrogens is 376 g/mol. The van der Waals surface area contributed by atoms with E-state index in [4.69, 9.17) is 17.3 Å². The number of hydrogen-bond donors (Lipinski definition) is 1. The van der Waals surface area contributed by atoms with Gasteiger partial charge in [0.25, 0.3) is 10.0 Å². The topological polar surface area (TPSA) is 80.5 Å². The molecule has 0 aromatic carbocycles. The molecule has 1 amide bonds. The predicted octanol–water partition coefficient (Wildman–Crippen LogP) is 2.05. The van der Waals surface area contributed by atoms with Gasteiger partial charge in [0.15, 0.2) is 0 Å². The SMILES string of the molecule is CC1(C(N)=O)CCN(S(=O)(=O)c2cc(Cl)c(Br)s2)C1. The van der Waals surface area contributed by atoms with Gasteiger partial charge in [0.1, 0.15) is 4.21 Å². The monoisotopic (exact) mass is 386 g/mol. The molecule has 5 nitrogen and oxygen atoms in total. The van der Waals surface area contributed by atoms with Crippen LogP contribution in [0.25, 0.3) is 0 Å². The number of carbonyl (C=O) groups excluding carboxylic acids is 1. The van der Waals surface area contributed by atoms with E-state index in [0.29, 0.717) is 15.2 Å². The van der Waals surface area contributed by atoms with Crippen LogP contribution in [0.15, 0.2) is 14.1 Å². The maximum absolute atomic E-state index is 12.4. The Kier molecular flexibility index (Phi) is 4.01. The second-order valence-electron chi connectivity index (χ2n) is 4.70. The zero-order valence-corrected chi connectivity index (χ0v) is 14.0. The van der Waals surface area contributed by atoms with Gasteiger partial charge in [0.2, 0.25) is 5.91 Å². The first kappa shape index (κ1) is 15.2. The van der Waals surface area contributed by atoms with Gasteiger partial charge in [-0.3, -0.25) is 4.79 Å². The smallest absolute Gasteiger partial charge is 0.252 e. The normalized spacial score (nSPS) is 24.8. The lowest BCUT2D eigenvalue weighted by molar-refractivity contribution is -0.126. The van der Waals surface area contributed by atoms with Crippen LogP contribution in [0.2, 0.25) is 5.02 Å². The summed E-state index contributed by atoms with van der Waals surface area (Å²) in [7, 11) is -3.62. The van der Waals surface area contributed by atoms with E-state index in [1.165, 1.54) is 10.4 Å². The number of amides is 1. The Hall–Kier alpha value is -0.150. The highest BCUT2D eigenvalue weighted by molar-refractivity contribution is 9.11. The molecule has 1 aliphatic heterocycles. The molecule has 19 heavy (non-hydrogen) atoms. The number of rotatable bonds is 3. The fourth-order valence-corrected chi connectivity index (χ4v) is 6.02. The molecule has 1 saturated heterocycles. The molecule has 1 atom stereocenters. The minimum Gasteiger partial charge on any atom is -0.369 e. The number of halogens is 2. The minimum absolute atomic E-state index is 0.109. The quantitative estimate of drug-likeness (QED) is 0.862. The van der Waals surface area contributed by atoms with Gasteiger partial charge in [-0.2, -0.15) is 4.31 Å². The Morgan fingerprint density at radius 1 is 1.63 bits per heavy atom. The van der Waals surface area contributed by atoms with Crippen LogP contribution in [-0.4, -0.2) is 31.7 Å². The lowest BCUT2D eigenvalue weighted by atomic mass is 9.89. The van der Waals surface area contributed by atoms with Crippen molar-refractivity contribution in [2.45, 2.75) is 17.6 Å². The van der Waals surface area contributed by atoms with Crippen molar-refractivity contribution in [3.05, 3.63) is 14.9 Å². The first-order valence-corrected chi connectivity index (χ1v) is 8.84. The van der Waals surface area contributed by atoms with Crippen LogP contribution in [0.5, 0.6) is 0 Å². The van der Waals surface area contributed by atoms with E-state index >= 15 is 0 Å². The molecular formula is C10H12BrClN2O3S2. The van der Waals surface area contributed by atoms with Crippen LogP contribution in [0.4, 0.5) is 0 Å². The summed E-state index contributed by atoms with van der Waals surface area (Å²) in [6.45, 7) is 2.08. The molecule has 1 aliphatic rings. The summed E-state index contributed by atoms with van der Waals surface area (Å²) >= 11 is 10.1. The first-order valence-electron chi connectivity index (χ1n) is 5.42. The molecule has 2 N–H and O–H groups in total. The molecule has 1 fully saturated rings. The number of nitrogens with zero attached hydrogens (tertiary/aromatic N) is 1. The summed E-state index contributed by atoms with van der Waals surface area (Å²) in [4.78, 5) is 11.4. The number of primary amides is 1. The van der Waals surface area contributed by atoms with E-state index in [9.17, 15) is 13.2 Å². The lowest BCUT2D eigenvalue weighted by Crippen LogP contribution is -2.38. The molecule has 106 valence electrons. The van der Waals surface area contributed by atoms with Crippen LogP contribution in [-0.2, 0) is 14.8 Å². The predicted molar refractivity (Wildman–Crippen MR) is 77.7 cm³/mol. The number of sulfonamides is 1. The molecule has 2 heterocycles. The molecule has 2 rings (SSSR count). The van der Waals surface area contributed by atoms with Gasteiger partial charge in [0.05, 0.1) is 14.2 Å². The van der Waals surface area contributed by atoms with E-state index in [0.717, 1.165) is 11.3 Å². The molecule has 0 spiro atoms. The standard InChI is InChI=1S/C10H12BrClN2O3S2/c1-10(9(13)15)2-3-14(5-10)19(16,17)7-4-6(12)8(11)18-7/h4H,2-3,5H2,1H3,(H2,13,15). The fraction of sp³-hybridized carbons (Fsp3) is 0.500. The summed E-state index contributed by atoms with van der Waals surface area (Å²) < 4.78 is 26.9. The zero-order chi connectivity index (χ0) is 14.4. The Bertz CT molecular complexity index is 611. The van der Waals surface area contributed by atoms with Gasteiger partial charge in [-0.05, 0) is 35.3 Å². The maximum atomic E-state index is 12.4. The lowest BCUT2D eigenvalue weighted by Gasteiger charge is -2.20. The molecule has 1 aromatic heterocycles. The van der Waals surface area contributed by atoms with Crippen molar-refractivity contribution in [2.75, 3.05) is 13.1 Å². The van der Waals surface area contributed by atoms with Crippen molar-refractivity contribution in [2.24, 2.45) is 11.1 Å². The van der Waals surface area contributed by atoms with Crippen molar-refractivity contribution in [3.8, 4) is 0 Å². The Balaban J connectivity index is 2.30. The summed E-state index contributed by atoms with van der Waals surface area (Å²) in [5.41, 5.74) is 4.52. The Morgan fingerprint density at radius 2 is 2.26 bits per heavy atom. The summed E-state index contributed by atoms with van der Waals surface area (Å²) in [5, 5.41) is 0.362. The first-order chi connectivity index (χ1) is 8.67. The van der Waals surface area contributed by atoms with Crippen LogP contribution >= 0.6 is 38.9 Å². The van der Waals surface area contributed by atoms with Gasteiger partial charge in [-0.1, -0.05) is 11.6 Å². The van der Waals surface area contributed by atoms with E-state index in [2.05, 4.69) is 15.9 Å². The molecule has 1 aromatic rings. The molecule has 9 heteroatoms. The van der Waals surface area contributed by atoms with Crippen molar-refractivity contribution in [3.63, 3.8) is 0 Å². The molecule has 0 bridgehead atoms. The number of nitrogens with two attached hydrogens (primary N) is 1. The van der Waals surface area contributed by atoms with Crippen molar-refractivity contribution in [1.29, 1.82) is 0 Å². The van der Waals surface area contributed by atoms with Crippen LogP contribution < -0.4 is 5.73 Å². The highest BCUT2D eigenvalue weighted by atomic mass is 79.9. The third-order valence-corrected chi connectivity index (χ3v) is 8.02. The summed E-state index contributed by atoms with van der Waals surface area (Å²) in [6, 6.07) is 1.41. The summed E-state index contributed by atoms with van der Waals surface area (Å²) in [6.07, 6.45) is 0.432. The third-order valence-electron chi connectivity index (χ3n) is 3.25. The number of thiophene rings is 1. The molecule has 0 aliphatic carbocycles. The van der Waals surface area contributed by atoms with Crippen molar-refractivity contribution in [1.82, 2.24) is 4.31 Å². The second kappa shape index (κ2) is 5.00. The highest BCUT2D eigenvalue weighted by Gasteiger charge is 2.44. The average molecular weight is 388 g/mol. The zero-order valence-electron chi connectivity index (χ0n) is 10.0. The van der Waals surface area contributed by atoms with E-state index in [1.54, 1.807) is 6.92 Å². The number of hydrogen-bond acceptors (Lipinski definition) is 4. The van der Waals surface area contributed by atoms with Gasteiger partial charge in [-0.25, -0.2) is 8.42 Å². The second-order valence-corrected chi connectivity index (χ2v) is 9.64. The van der Waals surface area contributed by atoms with Crippen molar-refractivity contribution < 1.29 is 13.2 Å². The van der Waals surface area contributed by atoms with Gasteiger partial charge in [0, 0.05) is 13.1 Å². The third kappa shape index (κ3) is 2.69. The van der Waals surface area contributed by atoms with Crippen LogP contribution in [0, 0.1) is 5.41 Å². The van der Waals surface area contributed by atoms with E-state index in [-0.39, 0.29) is 17.3 Å². The number of carbonyl (C=O) groups is 1. The molecule has 0 saturated carbocycles. The van der Waals surface area contributed by atoms with Crippen LogP contribution in [0.1, 0.15) is 13.3 Å². The van der Waals surface area contributed by atoms with E-state index < -0.39 is 21.3 Å². The van der Waals surface area contributed by atoms with Gasteiger partial charge < -0.3 is 5.73 Å².